The summed E-state index contributed by atoms with van der Waals surface area (Å²) in [6.07, 6.45) is -0.823. The molecule has 0 bridgehead atoms. The molecule has 0 heterocycles. The minimum Gasteiger partial charge on any atom is -1.00 e. The van der Waals surface area contributed by atoms with Crippen LogP contribution in [0.2, 0.25) is 0 Å². The summed E-state index contributed by atoms with van der Waals surface area (Å²) in [5.74, 6) is -1.10. The first kappa shape index (κ1) is 10.3. The number of alkyl halides is 1. The van der Waals surface area contributed by atoms with Gasteiger partial charge in [0.1, 0.15) is 0 Å². The molecule has 4 heteroatoms. The van der Waals surface area contributed by atoms with Gasteiger partial charge in [0, 0.05) is 12.8 Å². The zero-order valence-electron chi connectivity index (χ0n) is 6.89. The van der Waals surface area contributed by atoms with E-state index in [4.69, 9.17) is 0 Å². The average Bonchev–Trinajstić information content (AvgIpc) is 1.83. The van der Waals surface area contributed by atoms with Crippen LogP contribution in [0.1, 0.15) is 20.7 Å². The number of ketones is 2. The molecule has 0 amide bonds. The van der Waals surface area contributed by atoms with E-state index in [9.17, 15) is 14.0 Å². The van der Waals surface area contributed by atoms with Gasteiger partial charge in [0.2, 0.25) is 6.17 Å². The van der Waals surface area contributed by atoms with Crippen molar-refractivity contribution < 1.29 is 45.0 Å². The Kier molecular flexibility index (Phi) is 4.32. The van der Waals surface area contributed by atoms with Crippen molar-refractivity contribution in [2.45, 2.75) is 25.4 Å². The van der Waals surface area contributed by atoms with Gasteiger partial charge in [-0.3, -0.25) is 9.59 Å². The van der Waals surface area contributed by atoms with Gasteiger partial charge in [-0.1, -0.05) is 0 Å². The third-order valence-corrected chi connectivity index (χ3v) is 1.41. The van der Waals surface area contributed by atoms with Gasteiger partial charge >= 0.3 is 29.6 Å². The monoisotopic (exact) mass is 154 g/mol. The molecule has 0 N–H and O–H groups in total. The van der Waals surface area contributed by atoms with Crippen LogP contribution in [0.15, 0.2) is 0 Å². The summed E-state index contributed by atoms with van der Waals surface area (Å²) < 4.78 is 12.3. The van der Waals surface area contributed by atoms with Crippen LogP contribution in [-0.2, 0) is 9.59 Å². The molecule has 0 radical (unpaired) electrons. The van der Waals surface area contributed by atoms with Crippen molar-refractivity contribution >= 4 is 11.6 Å². The molecule has 0 aromatic heterocycles. The molecule has 10 heavy (non-hydrogen) atoms. The normalized spacial score (nSPS) is 20.5. The molecule has 1 fully saturated rings. The third kappa shape index (κ3) is 2.15. The Balaban J connectivity index is 0. The molecule has 0 aliphatic heterocycles. The number of halogens is 1. The zero-order chi connectivity index (χ0) is 6.85. The number of Topliss-reactive ketones (excluding diaryl/α,β-unsaturated/α-hetero) is 2. The predicted octanol–water partition coefficient (Wildman–Crippen LogP) is -2.24. The fraction of sp³-hybridized carbons (Fsp3) is 0.667. The number of rotatable bonds is 0. The Hall–Kier alpha value is 0.270. The quantitative estimate of drug-likeness (QED) is 0.292. The Morgan fingerprint density at radius 1 is 1.30 bits per heavy atom. The molecule has 1 saturated carbocycles. The Morgan fingerprint density at radius 2 is 1.70 bits per heavy atom. The maximum Gasteiger partial charge on any atom is 1.00 e. The van der Waals surface area contributed by atoms with Crippen LogP contribution in [0.25, 0.3) is 0 Å². The van der Waals surface area contributed by atoms with E-state index in [2.05, 4.69) is 0 Å². The second-order valence-electron chi connectivity index (χ2n) is 2.15. The molecule has 1 aliphatic rings. The van der Waals surface area contributed by atoms with Crippen LogP contribution in [-0.4, -0.2) is 17.7 Å². The maximum atomic E-state index is 12.3. The van der Waals surface area contributed by atoms with Crippen molar-refractivity contribution in [2.24, 2.45) is 0 Å². The van der Waals surface area contributed by atoms with Crippen molar-refractivity contribution in [3.8, 4) is 0 Å². The van der Waals surface area contributed by atoms with Crippen molar-refractivity contribution in [2.75, 3.05) is 0 Å². The van der Waals surface area contributed by atoms with Crippen LogP contribution >= 0.6 is 0 Å². The Morgan fingerprint density at radius 3 is 2.00 bits per heavy atom. The van der Waals surface area contributed by atoms with Gasteiger partial charge in [-0.15, -0.1) is 0 Å². The summed E-state index contributed by atoms with van der Waals surface area (Å²) in [6, 6.07) is 0. The predicted molar refractivity (Wildman–Crippen MR) is 29.9 cm³/mol. The molecular weight excluding hydrogens is 146 g/mol. The first-order chi connectivity index (χ1) is 4.22. The van der Waals surface area contributed by atoms with E-state index >= 15 is 0 Å². The summed E-state index contributed by atoms with van der Waals surface area (Å²) in [7, 11) is 0. The minimum absolute atomic E-state index is 0. The van der Waals surface area contributed by atoms with E-state index in [1.807, 2.05) is 0 Å². The van der Waals surface area contributed by atoms with E-state index in [-0.39, 0.29) is 43.8 Å². The van der Waals surface area contributed by atoms with E-state index in [1.54, 1.807) is 0 Å². The average molecular weight is 154 g/mol. The molecule has 0 aromatic carbocycles. The molecule has 2 nitrogen and oxygen atoms in total. The first-order valence-corrected chi connectivity index (χ1v) is 2.91. The van der Waals surface area contributed by atoms with Gasteiger partial charge in [0.15, 0.2) is 11.6 Å². The summed E-state index contributed by atoms with van der Waals surface area (Å²) in [4.78, 5) is 20.8. The van der Waals surface area contributed by atoms with Gasteiger partial charge < -0.3 is 1.43 Å². The van der Waals surface area contributed by atoms with Gasteiger partial charge in [0.05, 0.1) is 0 Å². The molecular formula is C6H8FNaO2. The van der Waals surface area contributed by atoms with E-state index < -0.39 is 17.7 Å². The van der Waals surface area contributed by atoms with Gasteiger partial charge in [0.25, 0.3) is 0 Å². The molecule has 0 unspecified atom stereocenters. The summed E-state index contributed by atoms with van der Waals surface area (Å²) in [6.45, 7) is 0. The second-order valence-corrected chi connectivity index (χ2v) is 2.15. The molecule has 52 valence electrons. The van der Waals surface area contributed by atoms with Crippen LogP contribution in [0, 0.1) is 0 Å². The molecule has 1 aliphatic carbocycles. The smallest absolute Gasteiger partial charge is 1.00 e. The van der Waals surface area contributed by atoms with Crippen LogP contribution in [0.4, 0.5) is 4.39 Å². The first-order valence-electron chi connectivity index (χ1n) is 2.91. The van der Waals surface area contributed by atoms with Crippen molar-refractivity contribution in [3.63, 3.8) is 0 Å². The largest absolute Gasteiger partial charge is 1.00 e. The SMILES string of the molecule is O=C1CCCC(=O)C1F.[H-].[Na+]. The molecule has 1 rings (SSSR count). The van der Waals surface area contributed by atoms with E-state index in [0.717, 1.165) is 0 Å². The number of carbonyl (C=O) groups excluding carboxylic acids is 2. The standard InChI is InChI=1S/C6H7FO2.Na.H/c7-6-4(8)2-1-3-5(6)9;;/h6H,1-3H2;;/q;+1;-1. The minimum atomic E-state index is -1.81. The van der Waals surface area contributed by atoms with E-state index in [0.29, 0.717) is 6.42 Å². The number of carbonyl (C=O) groups is 2. The number of hydrogen-bond acceptors (Lipinski definition) is 2. The van der Waals surface area contributed by atoms with Crippen LogP contribution in [0.5, 0.6) is 0 Å². The molecule has 0 spiro atoms. The van der Waals surface area contributed by atoms with Gasteiger partial charge in [-0.05, 0) is 6.42 Å². The Bertz CT molecular complexity index is 147. The fourth-order valence-corrected chi connectivity index (χ4v) is 0.870. The van der Waals surface area contributed by atoms with Gasteiger partial charge in [-0.2, -0.15) is 0 Å². The summed E-state index contributed by atoms with van der Waals surface area (Å²) in [5, 5.41) is 0. The molecule has 0 saturated heterocycles. The topological polar surface area (TPSA) is 34.1 Å². The fourth-order valence-electron chi connectivity index (χ4n) is 0.870. The third-order valence-electron chi connectivity index (χ3n) is 1.41. The van der Waals surface area contributed by atoms with Crippen LogP contribution in [0.3, 0.4) is 0 Å². The molecule has 0 aromatic rings. The van der Waals surface area contributed by atoms with Gasteiger partial charge in [-0.25, -0.2) is 4.39 Å². The molecule has 0 atom stereocenters. The van der Waals surface area contributed by atoms with Crippen molar-refractivity contribution in [1.82, 2.24) is 0 Å². The zero-order valence-corrected chi connectivity index (χ0v) is 7.89. The summed E-state index contributed by atoms with van der Waals surface area (Å²) in [5.41, 5.74) is 0. The summed E-state index contributed by atoms with van der Waals surface area (Å²) >= 11 is 0. The van der Waals surface area contributed by atoms with Crippen LogP contribution < -0.4 is 29.6 Å². The van der Waals surface area contributed by atoms with Crippen molar-refractivity contribution in [3.05, 3.63) is 0 Å². The number of hydrogen-bond donors (Lipinski definition) is 0. The Labute approximate surface area is 81.9 Å². The maximum absolute atomic E-state index is 12.3. The van der Waals surface area contributed by atoms with Crippen molar-refractivity contribution in [1.29, 1.82) is 0 Å². The second kappa shape index (κ2) is 4.21. The van der Waals surface area contributed by atoms with E-state index in [1.165, 1.54) is 0 Å².